The lowest BCUT2D eigenvalue weighted by Gasteiger charge is -2.00. The molecule has 0 fully saturated rings. The van der Waals surface area contributed by atoms with Gasteiger partial charge in [-0.2, -0.15) is 0 Å². The fraction of sp³-hybridized carbons (Fsp3) is 0. The molecule has 6 heteroatoms. The molecule has 0 atom stereocenters. The van der Waals surface area contributed by atoms with Crippen LogP contribution < -0.4 is 0 Å². The maximum atomic E-state index is 6.03. The molecule has 18 heavy (non-hydrogen) atoms. The quantitative estimate of drug-likeness (QED) is 0.562. The van der Waals surface area contributed by atoms with E-state index in [1.54, 1.807) is 0 Å². The molecule has 0 bridgehead atoms. The average Bonchev–Trinajstić information content (AvgIpc) is 2.76. The molecule has 1 aromatic carbocycles. The zero-order valence-corrected chi connectivity index (χ0v) is 11.4. The van der Waals surface area contributed by atoms with E-state index in [2.05, 4.69) is 15.0 Å². The van der Waals surface area contributed by atoms with Gasteiger partial charge in [0.1, 0.15) is 5.03 Å². The summed E-state index contributed by atoms with van der Waals surface area (Å²) in [6.07, 6.45) is 1.50. The number of hydrogen-bond acceptors (Lipinski definition) is 3. The van der Waals surface area contributed by atoms with E-state index >= 15 is 0 Å². The molecular formula is C12H7Cl2N3S. The molecule has 0 aliphatic heterocycles. The van der Waals surface area contributed by atoms with Gasteiger partial charge in [-0.15, -0.1) is 0 Å². The van der Waals surface area contributed by atoms with Gasteiger partial charge in [-0.05, 0) is 23.7 Å². The zero-order chi connectivity index (χ0) is 12.5. The Morgan fingerprint density at radius 3 is 2.83 bits per heavy atom. The van der Waals surface area contributed by atoms with Crippen molar-refractivity contribution in [3.8, 4) is 0 Å². The highest BCUT2D eigenvalue weighted by Gasteiger charge is 2.08. The number of aromatic nitrogens is 3. The van der Waals surface area contributed by atoms with Crippen molar-refractivity contribution in [2.45, 2.75) is 10.1 Å². The van der Waals surface area contributed by atoms with Gasteiger partial charge in [0.15, 0.2) is 0 Å². The number of benzene rings is 1. The van der Waals surface area contributed by atoms with E-state index in [1.165, 1.54) is 18.0 Å². The van der Waals surface area contributed by atoms with E-state index in [4.69, 9.17) is 23.2 Å². The largest absolute Gasteiger partial charge is 0.349 e. The maximum absolute atomic E-state index is 6.03. The van der Waals surface area contributed by atoms with Crippen LogP contribution in [0.3, 0.4) is 0 Å². The summed E-state index contributed by atoms with van der Waals surface area (Å²) in [7, 11) is 0. The lowest BCUT2D eigenvalue weighted by atomic mass is 10.3. The van der Waals surface area contributed by atoms with Crippen LogP contribution >= 0.6 is 35.0 Å². The Morgan fingerprint density at radius 2 is 2.00 bits per heavy atom. The molecule has 3 nitrogen and oxygen atoms in total. The Bertz CT molecular complexity index is 678. The Morgan fingerprint density at radius 1 is 1.17 bits per heavy atom. The molecule has 0 unspecified atom stereocenters. The lowest BCUT2D eigenvalue weighted by molar-refractivity contribution is 1.04. The Balaban J connectivity index is 1.98. The Labute approximate surface area is 118 Å². The molecule has 2 aromatic heterocycles. The summed E-state index contributed by atoms with van der Waals surface area (Å²) in [5.41, 5.74) is 1.08. The van der Waals surface area contributed by atoms with Crippen LogP contribution in [0, 0.1) is 0 Å². The Kier molecular flexibility index (Phi) is 3.16. The van der Waals surface area contributed by atoms with E-state index in [0.717, 1.165) is 15.9 Å². The average molecular weight is 296 g/mol. The molecule has 0 amide bonds. The van der Waals surface area contributed by atoms with Crippen LogP contribution in [0.25, 0.3) is 10.9 Å². The third-order valence-electron chi connectivity index (χ3n) is 2.39. The van der Waals surface area contributed by atoms with Crippen LogP contribution in [0.2, 0.25) is 10.3 Å². The normalized spacial score (nSPS) is 11.0. The van der Waals surface area contributed by atoms with Gasteiger partial charge < -0.3 is 4.98 Å². The van der Waals surface area contributed by atoms with E-state index in [-0.39, 0.29) is 5.28 Å². The fourth-order valence-electron chi connectivity index (χ4n) is 1.61. The SMILES string of the molecule is Clc1ncc(Cl)c(Sc2cc3ccccc3[nH]2)n1. The topological polar surface area (TPSA) is 41.6 Å². The van der Waals surface area contributed by atoms with Crippen molar-refractivity contribution in [3.63, 3.8) is 0 Å². The first kappa shape index (κ1) is 11.8. The van der Waals surface area contributed by atoms with Crippen LogP contribution in [0.4, 0.5) is 0 Å². The second kappa shape index (κ2) is 4.80. The summed E-state index contributed by atoms with van der Waals surface area (Å²) in [6.45, 7) is 0. The van der Waals surface area contributed by atoms with Gasteiger partial charge in [0, 0.05) is 10.9 Å². The van der Waals surface area contributed by atoms with E-state index in [9.17, 15) is 0 Å². The number of halogens is 2. The summed E-state index contributed by atoms with van der Waals surface area (Å²) in [5, 5.41) is 3.44. The third kappa shape index (κ3) is 2.32. The first-order chi connectivity index (χ1) is 8.72. The summed E-state index contributed by atoms with van der Waals surface area (Å²) in [4.78, 5) is 11.2. The first-order valence-electron chi connectivity index (χ1n) is 5.16. The molecule has 2 heterocycles. The number of hydrogen-bond donors (Lipinski definition) is 1. The molecule has 3 aromatic rings. The van der Waals surface area contributed by atoms with Crippen molar-refractivity contribution >= 4 is 45.9 Å². The molecule has 0 aliphatic carbocycles. The maximum Gasteiger partial charge on any atom is 0.223 e. The van der Waals surface area contributed by atoms with Gasteiger partial charge in [-0.25, -0.2) is 9.97 Å². The monoisotopic (exact) mass is 295 g/mol. The molecule has 0 saturated carbocycles. The van der Waals surface area contributed by atoms with Crippen molar-refractivity contribution < 1.29 is 0 Å². The second-order valence-electron chi connectivity index (χ2n) is 3.62. The van der Waals surface area contributed by atoms with Crippen LogP contribution in [0.15, 0.2) is 46.6 Å². The van der Waals surface area contributed by atoms with E-state index < -0.39 is 0 Å². The number of fused-ring (bicyclic) bond motifs is 1. The molecular weight excluding hydrogens is 289 g/mol. The van der Waals surface area contributed by atoms with Crippen LogP contribution in [-0.2, 0) is 0 Å². The molecule has 90 valence electrons. The summed E-state index contributed by atoms with van der Waals surface area (Å²) >= 11 is 13.2. The highest BCUT2D eigenvalue weighted by molar-refractivity contribution is 7.99. The summed E-state index contributed by atoms with van der Waals surface area (Å²) < 4.78 is 0. The molecule has 0 spiro atoms. The van der Waals surface area contributed by atoms with Gasteiger partial charge in [0.25, 0.3) is 0 Å². The van der Waals surface area contributed by atoms with E-state index in [1.807, 2.05) is 30.3 Å². The number of aromatic amines is 1. The van der Waals surface area contributed by atoms with E-state index in [0.29, 0.717) is 10.0 Å². The second-order valence-corrected chi connectivity index (χ2v) is 5.39. The number of H-pyrrole nitrogens is 1. The van der Waals surface area contributed by atoms with Gasteiger partial charge in [0.05, 0.1) is 16.2 Å². The molecule has 0 aliphatic rings. The van der Waals surface area contributed by atoms with Crippen molar-refractivity contribution in [2.24, 2.45) is 0 Å². The number of rotatable bonds is 2. The van der Waals surface area contributed by atoms with Crippen LogP contribution in [0.5, 0.6) is 0 Å². The van der Waals surface area contributed by atoms with Crippen molar-refractivity contribution in [2.75, 3.05) is 0 Å². The van der Waals surface area contributed by atoms with Gasteiger partial charge in [-0.3, -0.25) is 0 Å². The minimum Gasteiger partial charge on any atom is -0.349 e. The Hall–Kier alpha value is -1.23. The minimum atomic E-state index is 0.193. The molecule has 3 rings (SSSR count). The third-order valence-corrected chi connectivity index (χ3v) is 3.91. The zero-order valence-electron chi connectivity index (χ0n) is 9.02. The molecule has 0 radical (unpaired) electrons. The smallest absolute Gasteiger partial charge is 0.223 e. The minimum absolute atomic E-state index is 0.193. The number of para-hydroxylation sites is 1. The van der Waals surface area contributed by atoms with Crippen LogP contribution in [0.1, 0.15) is 0 Å². The predicted molar refractivity (Wildman–Crippen MR) is 74.5 cm³/mol. The van der Waals surface area contributed by atoms with Crippen molar-refractivity contribution in [3.05, 3.63) is 46.8 Å². The lowest BCUT2D eigenvalue weighted by Crippen LogP contribution is -1.86. The number of nitrogens with one attached hydrogen (secondary N) is 1. The van der Waals surface area contributed by atoms with Gasteiger partial charge in [0.2, 0.25) is 5.28 Å². The standard InChI is InChI=1S/C12H7Cl2N3S/c13-8-6-15-12(14)17-11(8)18-10-5-7-3-1-2-4-9(7)16-10/h1-6,16H. The first-order valence-corrected chi connectivity index (χ1v) is 6.73. The summed E-state index contributed by atoms with van der Waals surface area (Å²) in [6, 6.07) is 10.1. The highest BCUT2D eigenvalue weighted by atomic mass is 35.5. The molecule has 0 saturated heterocycles. The number of nitrogens with zero attached hydrogens (tertiary/aromatic N) is 2. The summed E-state index contributed by atoms with van der Waals surface area (Å²) in [5.74, 6) is 0. The van der Waals surface area contributed by atoms with Crippen molar-refractivity contribution in [1.29, 1.82) is 0 Å². The fourth-order valence-corrected chi connectivity index (χ4v) is 2.84. The van der Waals surface area contributed by atoms with Gasteiger partial charge >= 0.3 is 0 Å². The highest BCUT2D eigenvalue weighted by Crippen LogP contribution is 2.32. The van der Waals surface area contributed by atoms with Crippen LogP contribution in [-0.4, -0.2) is 15.0 Å². The van der Waals surface area contributed by atoms with Gasteiger partial charge in [-0.1, -0.05) is 41.6 Å². The van der Waals surface area contributed by atoms with Crippen molar-refractivity contribution in [1.82, 2.24) is 15.0 Å². The predicted octanol–water partition coefficient (Wildman–Crippen LogP) is 4.42. The molecule has 1 N–H and O–H groups in total.